The van der Waals surface area contributed by atoms with Gasteiger partial charge in [0.05, 0.1) is 0 Å². The second-order valence-corrected chi connectivity index (χ2v) is 8.18. The highest BCUT2D eigenvalue weighted by Crippen LogP contribution is 2.44. The molecule has 1 amide bonds. The maximum Gasteiger partial charge on any atom is 0.246 e. The number of rotatable bonds is 1. The Morgan fingerprint density at radius 1 is 1.14 bits per heavy atom. The van der Waals surface area contributed by atoms with Crippen LogP contribution in [-0.2, 0) is 11.2 Å². The summed E-state index contributed by atoms with van der Waals surface area (Å²) in [5.41, 5.74) is 3.98. The van der Waals surface area contributed by atoms with Gasteiger partial charge in [0.25, 0.3) is 0 Å². The van der Waals surface area contributed by atoms with E-state index in [-0.39, 0.29) is 11.9 Å². The molecule has 2 fully saturated rings. The molecule has 2 aromatic rings. The SMILES string of the molecule is C=CC(=O)N1CC(C)CC2c3cccc4[nH]cc(c34)CC21.CC.CC.CC1CC1. The summed E-state index contributed by atoms with van der Waals surface area (Å²) in [5, 5.41) is 1.39. The molecule has 1 aliphatic heterocycles. The van der Waals surface area contributed by atoms with Gasteiger partial charge in [0.2, 0.25) is 5.91 Å². The Hall–Kier alpha value is -2.03. The number of nitrogens with one attached hydrogen (secondary N) is 1. The van der Waals surface area contributed by atoms with Gasteiger partial charge in [-0.3, -0.25) is 4.79 Å². The number of piperidine rings is 1. The Labute approximate surface area is 177 Å². The number of aromatic amines is 1. The van der Waals surface area contributed by atoms with Crippen LogP contribution < -0.4 is 0 Å². The third kappa shape index (κ3) is 5.12. The molecule has 3 atom stereocenters. The molecule has 1 aromatic carbocycles. The fourth-order valence-electron chi connectivity index (χ4n) is 4.46. The van der Waals surface area contributed by atoms with Crippen LogP contribution in [0.5, 0.6) is 0 Å². The quantitative estimate of drug-likeness (QED) is 0.535. The number of hydrogen-bond donors (Lipinski definition) is 1. The monoisotopic (exact) mass is 396 g/mol. The largest absolute Gasteiger partial charge is 0.361 e. The van der Waals surface area contributed by atoms with Crippen LogP contribution >= 0.6 is 0 Å². The average molecular weight is 397 g/mol. The maximum absolute atomic E-state index is 12.3. The molecule has 0 radical (unpaired) electrons. The predicted molar refractivity (Wildman–Crippen MR) is 125 cm³/mol. The zero-order valence-electron chi connectivity index (χ0n) is 19.3. The number of benzene rings is 1. The normalized spacial score (nSPS) is 23.9. The van der Waals surface area contributed by atoms with Crippen LogP contribution in [-0.4, -0.2) is 28.4 Å². The molecule has 1 N–H and O–H groups in total. The number of likely N-dealkylation sites (tertiary alicyclic amines) is 1. The van der Waals surface area contributed by atoms with Crippen LogP contribution in [0.2, 0.25) is 0 Å². The van der Waals surface area contributed by atoms with E-state index in [0.29, 0.717) is 11.8 Å². The number of nitrogens with zero attached hydrogens (tertiary/aromatic N) is 1. The first-order valence-electron chi connectivity index (χ1n) is 11.6. The lowest BCUT2D eigenvalue weighted by Crippen LogP contribution is -2.51. The van der Waals surface area contributed by atoms with Gasteiger partial charge in [-0.05, 0) is 47.9 Å². The molecule has 3 unspecified atom stereocenters. The van der Waals surface area contributed by atoms with E-state index in [9.17, 15) is 4.79 Å². The first-order valence-corrected chi connectivity index (χ1v) is 11.6. The van der Waals surface area contributed by atoms with Crippen LogP contribution in [0.15, 0.2) is 37.1 Å². The number of H-pyrrole nitrogens is 1. The minimum Gasteiger partial charge on any atom is -0.361 e. The Balaban J connectivity index is 0.000000323. The Kier molecular flexibility index (Phi) is 8.55. The van der Waals surface area contributed by atoms with Crippen molar-refractivity contribution in [2.24, 2.45) is 11.8 Å². The molecule has 1 aromatic heterocycles. The summed E-state index contributed by atoms with van der Waals surface area (Å²) in [4.78, 5) is 17.7. The molecule has 1 saturated heterocycles. The lowest BCUT2D eigenvalue weighted by atomic mass is 9.72. The molecular weight excluding hydrogens is 356 g/mol. The summed E-state index contributed by atoms with van der Waals surface area (Å²) in [6.07, 6.45) is 8.66. The molecule has 0 spiro atoms. The van der Waals surface area contributed by atoms with Crippen LogP contribution in [0, 0.1) is 11.8 Å². The standard InChI is InChI=1S/C18H20N2O.C4H8.2C2H6/c1-3-17(21)20-10-11(2)7-14-13-5-4-6-15-18(13)12(9-19-15)8-16(14)20;1-4-2-3-4;2*1-2/h3-6,9,11,14,16,19H,1,7-8,10H2,2H3;4H,2-3H2,1H3;2*1-2H3. The lowest BCUT2D eigenvalue weighted by molar-refractivity contribution is -0.131. The smallest absolute Gasteiger partial charge is 0.246 e. The van der Waals surface area contributed by atoms with E-state index in [2.05, 4.69) is 49.8 Å². The fourth-order valence-corrected chi connectivity index (χ4v) is 4.46. The van der Waals surface area contributed by atoms with E-state index in [1.54, 1.807) is 0 Å². The van der Waals surface area contributed by atoms with Crippen molar-refractivity contribution >= 4 is 16.8 Å². The van der Waals surface area contributed by atoms with Gasteiger partial charge in [0, 0.05) is 35.6 Å². The zero-order chi connectivity index (χ0) is 21.6. The molecule has 3 nitrogen and oxygen atoms in total. The summed E-state index contributed by atoms with van der Waals surface area (Å²) in [6, 6.07) is 6.78. The molecule has 160 valence electrons. The molecule has 3 aliphatic rings. The molecule has 1 saturated carbocycles. The maximum atomic E-state index is 12.3. The number of aromatic nitrogens is 1. The van der Waals surface area contributed by atoms with Crippen molar-refractivity contribution in [3.8, 4) is 0 Å². The summed E-state index contributed by atoms with van der Waals surface area (Å²) in [5.74, 6) is 2.14. The second-order valence-electron chi connectivity index (χ2n) is 8.18. The third-order valence-corrected chi connectivity index (χ3v) is 6.00. The number of carbonyl (C=O) groups excluding carboxylic acids is 1. The van der Waals surface area contributed by atoms with E-state index in [0.717, 1.165) is 25.3 Å². The molecular formula is C26H40N2O. The Bertz CT molecular complexity index is 802. The number of fused-ring (bicyclic) bond motifs is 2. The molecule has 5 rings (SSSR count). The first kappa shape index (κ1) is 23.3. The minimum atomic E-state index is 0.0720. The minimum absolute atomic E-state index is 0.0720. The molecule has 2 heterocycles. The van der Waals surface area contributed by atoms with Crippen molar-refractivity contribution in [2.45, 2.75) is 79.2 Å². The molecule has 2 aliphatic carbocycles. The summed E-state index contributed by atoms with van der Waals surface area (Å²) in [7, 11) is 0. The zero-order valence-corrected chi connectivity index (χ0v) is 19.3. The van der Waals surface area contributed by atoms with Crippen molar-refractivity contribution in [1.82, 2.24) is 9.88 Å². The van der Waals surface area contributed by atoms with E-state index in [1.807, 2.05) is 32.6 Å². The van der Waals surface area contributed by atoms with Crippen molar-refractivity contribution in [2.75, 3.05) is 6.54 Å². The van der Waals surface area contributed by atoms with Gasteiger partial charge in [-0.2, -0.15) is 0 Å². The Morgan fingerprint density at radius 3 is 2.38 bits per heavy atom. The lowest BCUT2D eigenvalue weighted by Gasteiger charge is -2.46. The highest BCUT2D eigenvalue weighted by atomic mass is 16.2. The third-order valence-electron chi connectivity index (χ3n) is 6.00. The van der Waals surface area contributed by atoms with Crippen LogP contribution in [0.3, 0.4) is 0 Å². The van der Waals surface area contributed by atoms with Gasteiger partial charge < -0.3 is 9.88 Å². The van der Waals surface area contributed by atoms with Crippen molar-refractivity contribution in [3.63, 3.8) is 0 Å². The van der Waals surface area contributed by atoms with Crippen molar-refractivity contribution in [1.29, 1.82) is 0 Å². The summed E-state index contributed by atoms with van der Waals surface area (Å²) >= 11 is 0. The van der Waals surface area contributed by atoms with Crippen LogP contribution in [0.4, 0.5) is 0 Å². The van der Waals surface area contributed by atoms with Crippen molar-refractivity contribution < 1.29 is 4.79 Å². The average Bonchev–Trinajstić information content (AvgIpc) is 3.45. The van der Waals surface area contributed by atoms with Crippen LogP contribution in [0.25, 0.3) is 10.9 Å². The number of hydrogen-bond acceptors (Lipinski definition) is 1. The molecule has 29 heavy (non-hydrogen) atoms. The fraction of sp³-hybridized carbons (Fsp3) is 0.577. The van der Waals surface area contributed by atoms with E-state index in [4.69, 9.17) is 0 Å². The van der Waals surface area contributed by atoms with Crippen LogP contribution in [0.1, 0.15) is 77.8 Å². The van der Waals surface area contributed by atoms with Gasteiger partial charge >= 0.3 is 0 Å². The number of carbonyl (C=O) groups is 1. The highest BCUT2D eigenvalue weighted by molar-refractivity contribution is 5.90. The van der Waals surface area contributed by atoms with Gasteiger partial charge in [0.15, 0.2) is 0 Å². The van der Waals surface area contributed by atoms with E-state index >= 15 is 0 Å². The van der Waals surface area contributed by atoms with Gasteiger partial charge in [-0.25, -0.2) is 0 Å². The van der Waals surface area contributed by atoms with Gasteiger partial charge in [-0.1, -0.05) is 73.1 Å². The Morgan fingerprint density at radius 2 is 1.79 bits per heavy atom. The topological polar surface area (TPSA) is 36.1 Å². The van der Waals surface area contributed by atoms with E-state index < -0.39 is 0 Å². The molecule has 0 bridgehead atoms. The summed E-state index contributed by atoms with van der Waals surface area (Å²) in [6.45, 7) is 17.0. The van der Waals surface area contributed by atoms with Crippen molar-refractivity contribution in [3.05, 3.63) is 48.2 Å². The molecule has 3 heteroatoms. The summed E-state index contributed by atoms with van der Waals surface area (Å²) < 4.78 is 0. The second kappa shape index (κ2) is 10.7. The first-order chi connectivity index (χ1) is 14.1. The highest BCUT2D eigenvalue weighted by Gasteiger charge is 2.40. The number of amides is 1. The van der Waals surface area contributed by atoms with Gasteiger partial charge in [0.1, 0.15) is 0 Å². The predicted octanol–water partition coefficient (Wildman–Crippen LogP) is 6.70. The van der Waals surface area contributed by atoms with Gasteiger partial charge in [-0.15, -0.1) is 0 Å². The van der Waals surface area contributed by atoms with E-state index in [1.165, 1.54) is 40.9 Å².